The Balaban J connectivity index is 1.78. The van der Waals surface area contributed by atoms with E-state index in [0.717, 1.165) is 11.1 Å². The van der Waals surface area contributed by atoms with E-state index < -0.39 is 11.7 Å². The van der Waals surface area contributed by atoms with Gasteiger partial charge in [0.25, 0.3) is 5.56 Å². The number of nitrogens with one attached hydrogen (secondary N) is 1. The predicted octanol–water partition coefficient (Wildman–Crippen LogP) is 3.66. The second-order valence-electron chi connectivity index (χ2n) is 6.60. The van der Waals surface area contributed by atoms with Crippen molar-refractivity contribution in [2.24, 2.45) is 0 Å². The van der Waals surface area contributed by atoms with E-state index in [0.29, 0.717) is 17.6 Å². The summed E-state index contributed by atoms with van der Waals surface area (Å²) in [6.07, 6.45) is 3.26. The fourth-order valence-corrected chi connectivity index (χ4v) is 3.30. The lowest BCUT2D eigenvalue weighted by molar-refractivity contribution is -0.116. The van der Waals surface area contributed by atoms with Crippen LogP contribution in [0.5, 0.6) is 0 Å². The van der Waals surface area contributed by atoms with Crippen molar-refractivity contribution in [2.45, 2.75) is 20.0 Å². The normalized spacial score (nSPS) is 11.0. The number of halogens is 1. The van der Waals surface area contributed by atoms with E-state index in [1.807, 2.05) is 37.3 Å². The molecular formula is C22H19FN4O2. The molecule has 4 aromatic rings. The predicted molar refractivity (Wildman–Crippen MR) is 110 cm³/mol. The molecule has 0 saturated heterocycles. The Kier molecular flexibility index (Phi) is 4.95. The molecule has 0 atom stereocenters. The molecule has 7 heteroatoms. The minimum absolute atomic E-state index is 0.0985. The molecule has 0 unspecified atom stereocenters. The van der Waals surface area contributed by atoms with Gasteiger partial charge < -0.3 is 9.88 Å². The molecule has 0 saturated carbocycles. The SMILES string of the molecule is CCn1cnc2c(-c3ccccc3)cn(CC(=O)Nc3ccccc3F)c2c1=O. The van der Waals surface area contributed by atoms with E-state index in [1.54, 1.807) is 22.9 Å². The molecule has 0 fully saturated rings. The molecule has 0 aliphatic rings. The van der Waals surface area contributed by atoms with Crippen LogP contribution in [0, 0.1) is 5.82 Å². The largest absolute Gasteiger partial charge is 0.332 e. The van der Waals surface area contributed by atoms with Crippen molar-refractivity contribution < 1.29 is 9.18 Å². The lowest BCUT2D eigenvalue weighted by Gasteiger charge is -2.08. The first-order valence-electron chi connectivity index (χ1n) is 9.26. The standard InChI is InChI=1S/C22H19FN4O2/c1-2-26-14-24-20-16(15-8-4-3-5-9-15)12-27(21(20)22(26)29)13-19(28)25-18-11-7-6-10-17(18)23/h3-12,14H,2,13H2,1H3,(H,25,28). The second-order valence-corrected chi connectivity index (χ2v) is 6.60. The Morgan fingerprint density at radius 3 is 2.52 bits per heavy atom. The number of aryl methyl sites for hydroxylation is 1. The maximum Gasteiger partial charge on any atom is 0.277 e. The first kappa shape index (κ1) is 18.6. The van der Waals surface area contributed by atoms with Crippen LogP contribution in [0.1, 0.15) is 6.92 Å². The van der Waals surface area contributed by atoms with Gasteiger partial charge in [-0.3, -0.25) is 14.2 Å². The van der Waals surface area contributed by atoms with Crippen LogP contribution in [0.15, 0.2) is 71.9 Å². The number of nitrogens with zero attached hydrogens (tertiary/aromatic N) is 3. The summed E-state index contributed by atoms with van der Waals surface area (Å²) in [6, 6.07) is 15.5. The van der Waals surface area contributed by atoms with Crippen molar-refractivity contribution in [1.82, 2.24) is 14.1 Å². The number of fused-ring (bicyclic) bond motifs is 1. The van der Waals surface area contributed by atoms with Gasteiger partial charge in [0.1, 0.15) is 23.4 Å². The van der Waals surface area contributed by atoms with Gasteiger partial charge in [-0.25, -0.2) is 9.37 Å². The Hall–Kier alpha value is -3.74. The zero-order chi connectivity index (χ0) is 20.4. The molecule has 0 aliphatic heterocycles. The minimum Gasteiger partial charge on any atom is -0.332 e. The molecule has 0 bridgehead atoms. The van der Waals surface area contributed by atoms with Gasteiger partial charge in [0.05, 0.1) is 12.0 Å². The van der Waals surface area contributed by atoms with Crippen LogP contribution in [0.4, 0.5) is 10.1 Å². The molecule has 2 heterocycles. The van der Waals surface area contributed by atoms with Gasteiger partial charge in [0.2, 0.25) is 5.91 Å². The van der Waals surface area contributed by atoms with E-state index in [1.165, 1.54) is 23.0 Å². The number of hydrogen-bond acceptors (Lipinski definition) is 3. The van der Waals surface area contributed by atoms with Crippen LogP contribution >= 0.6 is 0 Å². The van der Waals surface area contributed by atoms with Crippen molar-refractivity contribution in [3.05, 3.63) is 83.3 Å². The van der Waals surface area contributed by atoms with E-state index >= 15 is 0 Å². The van der Waals surface area contributed by atoms with Crippen molar-refractivity contribution in [3.8, 4) is 11.1 Å². The van der Waals surface area contributed by atoms with Gasteiger partial charge >= 0.3 is 0 Å². The maximum absolute atomic E-state index is 13.8. The van der Waals surface area contributed by atoms with Crippen molar-refractivity contribution >= 4 is 22.6 Å². The van der Waals surface area contributed by atoms with Crippen LogP contribution in [0.2, 0.25) is 0 Å². The number of benzene rings is 2. The zero-order valence-electron chi connectivity index (χ0n) is 15.8. The fourth-order valence-electron chi connectivity index (χ4n) is 3.30. The number of anilines is 1. The highest BCUT2D eigenvalue weighted by molar-refractivity contribution is 5.95. The summed E-state index contributed by atoms with van der Waals surface area (Å²) in [5.41, 5.74) is 2.41. The van der Waals surface area contributed by atoms with Gasteiger partial charge in [-0.15, -0.1) is 0 Å². The van der Waals surface area contributed by atoms with Gasteiger partial charge in [-0.05, 0) is 24.6 Å². The summed E-state index contributed by atoms with van der Waals surface area (Å²) in [5.74, 6) is -0.948. The highest BCUT2D eigenvalue weighted by Crippen LogP contribution is 2.27. The third-order valence-electron chi connectivity index (χ3n) is 4.73. The van der Waals surface area contributed by atoms with Crippen LogP contribution < -0.4 is 10.9 Å². The van der Waals surface area contributed by atoms with Gasteiger partial charge in [-0.1, -0.05) is 42.5 Å². The number of amides is 1. The average molecular weight is 390 g/mol. The van der Waals surface area contributed by atoms with Crippen molar-refractivity contribution in [3.63, 3.8) is 0 Å². The Morgan fingerprint density at radius 1 is 1.07 bits per heavy atom. The lowest BCUT2D eigenvalue weighted by Crippen LogP contribution is -2.24. The number of rotatable bonds is 5. The monoisotopic (exact) mass is 390 g/mol. The van der Waals surface area contributed by atoms with Crippen LogP contribution in [0.3, 0.4) is 0 Å². The summed E-state index contributed by atoms with van der Waals surface area (Å²) in [5, 5.41) is 2.56. The first-order valence-corrected chi connectivity index (χ1v) is 9.26. The highest BCUT2D eigenvalue weighted by atomic mass is 19.1. The summed E-state index contributed by atoms with van der Waals surface area (Å²) < 4.78 is 16.9. The van der Waals surface area contributed by atoms with Crippen LogP contribution in [-0.2, 0) is 17.9 Å². The summed E-state index contributed by atoms with van der Waals surface area (Å²) in [7, 11) is 0. The Bertz CT molecular complexity index is 1240. The van der Waals surface area contributed by atoms with E-state index in [-0.39, 0.29) is 17.8 Å². The molecule has 6 nitrogen and oxygen atoms in total. The topological polar surface area (TPSA) is 68.9 Å². The Morgan fingerprint density at radius 2 is 1.79 bits per heavy atom. The van der Waals surface area contributed by atoms with Gasteiger partial charge in [0, 0.05) is 18.3 Å². The molecule has 146 valence electrons. The van der Waals surface area contributed by atoms with Gasteiger partial charge in [-0.2, -0.15) is 0 Å². The molecule has 4 rings (SSSR count). The number of carbonyl (C=O) groups excluding carboxylic acids is 1. The molecule has 1 N–H and O–H groups in total. The smallest absolute Gasteiger partial charge is 0.277 e. The second kappa shape index (κ2) is 7.71. The highest BCUT2D eigenvalue weighted by Gasteiger charge is 2.18. The van der Waals surface area contributed by atoms with Crippen molar-refractivity contribution in [1.29, 1.82) is 0 Å². The van der Waals surface area contributed by atoms with Gasteiger partial charge in [0.15, 0.2) is 0 Å². The fraction of sp³-hybridized carbons (Fsp3) is 0.136. The van der Waals surface area contributed by atoms with E-state index in [2.05, 4.69) is 10.3 Å². The van der Waals surface area contributed by atoms with Crippen LogP contribution in [0.25, 0.3) is 22.2 Å². The maximum atomic E-state index is 13.8. The van der Waals surface area contributed by atoms with Crippen molar-refractivity contribution in [2.75, 3.05) is 5.32 Å². The molecule has 1 amide bonds. The van der Waals surface area contributed by atoms with Crippen LogP contribution in [-0.4, -0.2) is 20.0 Å². The molecule has 0 aliphatic carbocycles. The third-order valence-corrected chi connectivity index (χ3v) is 4.73. The van der Waals surface area contributed by atoms with E-state index in [4.69, 9.17) is 0 Å². The summed E-state index contributed by atoms with van der Waals surface area (Å²) in [4.78, 5) is 30.0. The lowest BCUT2D eigenvalue weighted by atomic mass is 10.1. The average Bonchev–Trinajstić information content (AvgIpc) is 3.10. The number of carbonyl (C=O) groups is 1. The molecule has 29 heavy (non-hydrogen) atoms. The van der Waals surface area contributed by atoms with E-state index in [9.17, 15) is 14.0 Å². The first-order chi connectivity index (χ1) is 14.1. The quantitative estimate of drug-likeness (QED) is 0.565. The molecular weight excluding hydrogens is 371 g/mol. The summed E-state index contributed by atoms with van der Waals surface area (Å²) in [6.45, 7) is 2.18. The molecule has 0 spiro atoms. The molecule has 2 aromatic carbocycles. The number of aromatic nitrogens is 3. The zero-order valence-corrected chi connectivity index (χ0v) is 15.8. The molecule has 0 radical (unpaired) electrons. The minimum atomic E-state index is -0.516. The number of hydrogen-bond donors (Lipinski definition) is 1. The number of para-hydroxylation sites is 1. The third kappa shape index (κ3) is 3.54. The Labute approximate surface area is 166 Å². The molecule has 2 aromatic heterocycles. The summed E-state index contributed by atoms with van der Waals surface area (Å²) >= 11 is 0.